The highest BCUT2D eigenvalue weighted by molar-refractivity contribution is 5.94. The van der Waals surface area contributed by atoms with E-state index in [1.54, 1.807) is 0 Å². The van der Waals surface area contributed by atoms with E-state index in [0.717, 1.165) is 19.4 Å². The summed E-state index contributed by atoms with van der Waals surface area (Å²) in [7, 11) is 0. The van der Waals surface area contributed by atoms with Gasteiger partial charge in [-0.15, -0.1) is 0 Å². The van der Waals surface area contributed by atoms with E-state index in [2.05, 4.69) is 5.32 Å². The maximum Gasteiger partial charge on any atom is 0.253 e. The van der Waals surface area contributed by atoms with E-state index in [9.17, 15) is 9.59 Å². The minimum absolute atomic E-state index is 0.0336. The normalized spacial score (nSPS) is 23.5. The summed E-state index contributed by atoms with van der Waals surface area (Å²) in [6, 6.07) is 9.33. The van der Waals surface area contributed by atoms with Crippen LogP contribution in [-0.2, 0) is 9.53 Å². The van der Waals surface area contributed by atoms with E-state index in [-0.39, 0.29) is 17.9 Å². The third kappa shape index (κ3) is 2.99. The topological polar surface area (TPSA) is 58.6 Å². The molecule has 2 heterocycles. The van der Waals surface area contributed by atoms with E-state index in [1.807, 2.05) is 42.2 Å². The average molecular weight is 302 g/mol. The number of ether oxygens (including phenoxy) is 1. The fourth-order valence-electron chi connectivity index (χ4n) is 2.94. The summed E-state index contributed by atoms with van der Waals surface area (Å²) in [6.45, 7) is 4.22. The molecular formula is C17H22N2O3. The lowest BCUT2D eigenvalue weighted by Crippen LogP contribution is -2.57. The number of carbonyl (C=O) groups is 2. The van der Waals surface area contributed by atoms with Crippen molar-refractivity contribution in [3.63, 3.8) is 0 Å². The Morgan fingerprint density at radius 1 is 1.27 bits per heavy atom. The summed E-state index contributed by atoms with van der Waals surface area (Å²) < 4.78 is 5.14. The number of piperidine rings is 1. The van der Waals surface area contributed by atoms with Gasteiger partial charge in [-0.2, -0.15) is 0 Å². The first-order valence-electron chi connectivity index (χ1n) is 7.81. The first-order chi connectivity index (χ1) is 10.6. The number of rotatable bonds is 3. The lowest BCUT2D eigenvalue weighted by molar-refractivity contribution is -0.158. The van der Waals surface area contributed by atoms with Crippen LogP contribution < -0.4 is 5.32 Å². The second kappa shape index (κ2) is 6.08. The van der Waals surface area contributed by atoms with Crippen LogP contribution in [0.4, 0.5) is 0 Å². The van der Waals surface area contributed by atoms with Gasteiger partial charge in [-0.3, -0.25) is 9.59 Å². The van der Waals surface area contributed by atoms with Crippen molar-refractivity contribution in [3.05, 3.63) is 35.9 Å². The molecule has 5 nitrogen and oxygen atoms in total. The maximum absolute atomic E-state index is 12.5. The smallest absolute Gasteiger partial charge is 0.253 e. The van der Waals surface area contributed by atoms with Crippen molar-refractivity contribution in [2.24, 2.45) is 5.41 Å². The van der Waals surface area contributed by atoms with Crippen molar-refractivity contribution in [2.75, 3.05) is 26.3 Å². The molecule has 0 aliphatic carbocycles. The van der Waals surface area contributed by atoms with Gasteiger partial charge in [0.1, 0.15) is 0 Å². The predicted molar refractivity (Wildman–Crippen MR) is 82.4 cm³/mol. The lowest BCUT2D eigenvalue weighted by atomic mass is 9.87. The Hall–Kier alpha value is -1.88. The van der Waals surface area contributed by atoms with Gasteiger partial charge in [0.15, 0.2) is 0 Å². The van der Waals surface area contributed by atoms with E-state index < -0.39 is 5.41 Å². The molecule has 2 aliphatic heterocycles. The van der Waals surface area contributed by atoms with E-state index in [4.69, 9.17) is 4.74 Å². The summed E-state index contributed by atoms with van der Waals surface area (Å²) in [5.74, 6) is 0.0792. The minimum Gasteiger partial charge on any atom is -0.379 e. The Bertz CT molecular complexity index is 554. The number of hydrogen-bond acceptors (Lipinski definition) is 3. The van der Waals surface area contributed by atoms with Crippen LogP contribution in [0.25, 0.3) is 0 Å². The van der Waals surface area contributed by atoms with Gasteiger partial charge in [0.25, 0.3) is 5.91 Å². The molecule has 0 unspecified atom stereocenters. The van der Waals surface area contributed by atoms with Crippen molar-refractivity contribution in [3.8, 4) is 0 Å². The van der Waals surface area contributed by atoms with E-state index in [1.165, 1.54) is 0 Å². The molecular weight excluding hydrogens is 280 g/mol. The number of benzene rings is 1. The van der Waals surface area contributed by atoms with Gasteiger partial charge in [-0.25, -0.2) is 0 Å². The second-order valence-electron chi connectivity index (χ2n) is 6.48. The van der Waals surface area contributed by atoms with Crippen molar-refractivity contribution < 1.29 is 14.3 Å². The Labute approximate surface area is 130 Å². The highest BCUT2D eigenvalue weighted by atomic mass is 16.5. The summed E-state index contributed by atoms with van der Waals surface area (Å²) >= 11 is 0. The first kappa shape index (κ1) is 15.0. The van der Waals surface area contributed by atoms with Crippen LogP contribution in [0.15, 0.2) is 30.3 Å². The number of carbonyl (C=O) groups excluding carboxylic acids is 2. The molecule has 22 heavy (non-hydrogen) atoms. The number of amides is 2. The fourth-order valence-corrected chi connectivity index (χ4v) is 2.94. The SMILES string of the molecule is CC1(C(=O)N[C@@H]2CCCN(C(=O)c3ccccc3)C2)COC1. The molecule has 3 rings (SSSR count). The molecule has 0 saturated carbocycles. The van der Waals surface area contributed by atoms with Crippen LogP contribution in [0, 0.1) is 5.41 Å². The first-order valence-corrected chi connectivity index (χ1v) is 7.81. The monoisotopic (exact) mass is 302 g/mol. The average Bonchev–Trinajstić information content (AvgIpc) is 2.53. The van der Waals surface area contributed by atoms with Crippen LogP contribution in [0.1, 0.15) is 30.1 Å². The molecule has 0 spiro atoms. The molecule has 0 radical (unpaired) electrons. The van der Waals surface area contributed by atoms with Gasteiger partial charge in [0, 0.05) is 24.7 Å². The van der Waals surface area contributed by atoms with Gasteiger partial charge in [-0.1, -0.05) is 18.2 Å². The number of nitrogens with zero attached hydrogens (tertiary/aromatic N) is 1. The molecule has 1 atom stereocenters. The molecule has 1 aromatic carbocycles. The third-order valence-corrected chi connectivity index (χ3v) is 4.45. The highest BCUT2D eigenvalue weighted by Gasteiger charge is 2.42. The van der Waals surface area contributed by atoms with Gasteiger partial charge in [-0.05, 0) is 31.9 Å². The number of hydrogen-bond donors (Lipinski definition) is 1. The maximum atomic E-state index is 12.5. The summed E-state index contributed by atoms with van der Waals surface area (Å²) in [5.41, 5.74) is 0.306. The standard InChI is InChI=1S/C17H22N2O3/c1-17(11-22-12-17)16(21)18-14-8-5-9-19(10-14)15(20)13-6-3-2-4-7-13/h2-4,6-7,14H,5,8-12H2,1H3,(H,18,21)/t14-/m1/s1. The Balaban J connectivity index is 1.60. The van der Waals surface area contributed by atoms with Crippen molar-refractivity contribution in [1.29, 1.82) is 0 Å². The van der Waals surface area contributed by atoms with Crippen molar-refractivity contribution in [2.45, 2.75) is 25.8 Å². The second-order valence-corrected chi connectivity index (χ2v) is 6.48. The van der Waals surface area contributed by atoms with Crippen molar-refractivity contribution in [1.82, 2.24) is 10.2 Å². The number of likely N-dealkylation sites (tertiary alicyclic amines) is 1. The molecule has 2 aliphatic rings. The van der Waals surface area contributed by atoms with E-state index in [0.29, 0.717) is 25.3 Å². The van der Waals surface area contributed by atoms with Gasteiger partial charge >= 0.3 is 0 Å². The molecule has 0 aromatic heterocycles. The van der Waals surface area contributed by atoms with Crippen LogP contribution in [0.2, 0.25) is 0 Å². The summed E-state index contributed by atoms with van der Waals surface area (Å²) in [6.07, 6.45) is 1.83. The molecule has 118 valence electrons. The predicted octanol–water partition coefficient (Wildman–Crippen LogP) is 1.44. The molecule has 0 bridgehead atoms. The zero-order valence-corrected chi connectivity index (χ0v) is 12.9. The Kier molecular flexibility index (Phi) is 4.16. The van der Waals surface area contributed by atoms with E-state index >= 15 is 0 Å². The third-order valence-electron chi connectivity index (χ3n) is 4.45. The highest BCUT2D eigenvalue weighted by Crippen LogP contribution is 2.27. The minimum atomic E-state index is -0.397. The van der Waals surface area contributed by atoms with Crippen molar-refractivity contribution >= 4 is 11.8 Å². The zero-order valence-electron chi connectivity index (χ0n) is 12.9. The number of nitrogens with one attached hydrogen (secondary N) is 1. The van der Waals surface area contributed by atoms with Gasteiger partial charge in [0.05, 0.1) is 18.6 Å². The molecule has 1 N–H and O–H groups in total. The van der Waals surface area contributed by atoms with Gasteiger partial charge < -0.3 is 15.0 Å². The molecule has 2 amide bonds. The van der Waals surface area contributed by atoms with Crippen LogP contribution in [-0.4, -0.2) is 49.1 Å². The molecule has 1 aromatic rings. The molecule has 2 saturated heterocycles. The summed E-state index contributed by atoms with van der Waals surface area (Å²) in [5, 5.41) is 3.08. The quantitative estimate of drug-likeness (QED) is 0.919. The zero-order chi connectivity index (χ0) is 15.6. The summed E-state index contributed by atoms with van der Waals surface area (Å²) in [4.78, 5) is 26.6. The van der Waals surface area contributed by atoms with Crippen LogP contribution >= 0.6 is 0 Å². The largest absolute Gasteiger partial charge is 0.379 e. The molecule has 2 fully saturated rings. The Morgan fingerprint density at radius 3 is 2.64 bits per heavy atom. The Morgan fingerprint density at radius 2 is 2.00 bits per heavy atom. The molecule has 5 heteroatoms. The van der Waals surface area contributed by atoms with Gasteiger partial charge in [0.2, 0.25) is 5.91 Å². The van der Waals surface area contributed by atoms with Crippen LogP contribution in [0.5, 0.6) is 0 Å². The fraction of sp³-hybridized carbons (Fsp3) is 0.529. The van der Waals surface area contributed by atoms with Crippen LogP contribution in [0.3, 0.4) is 0 Å². The lowest BCUT2D eigenvalue weighted by Gasteiger charge is -2.39.